The minimum absolute atomic E-state index is 0.0605. The Hall–Kier alpha value is -1.36. The minimum Gasteiger partial charge on any atom is -0.462 e. The summed E-state index contributed by atoms with van der Waals surface area (Å²) in [5.74, 6) is -0.574. The molecule has 1 N–H and O–H groups in total. The first-order valence-electron chi connectivity index (χ1n) is 32.7. The molecule has 0 aromatic carbocycles. The van der Waals surface area contributed by atoms with Crippen LogP contribution in [0.15, 0.2) is 12.2 Å². The van der Waals surface area contributed by atoms with E-state index in [1.54, 1.807) is 0 Å². The first-order chi connectivity index (χ1) is 35.1. The average molecular weight is 1000 g/mol. The topological polar surface area (TPSA) is 72.8 Å². The van der Waals surface area contributed by atoms with E-state index in [0.717, 1.165) is 32.1 Å². The molecule has 0 aromatic heterocycles. The number of carbonyl (C=O) groups is 2. The molecular weight excluding hydrogens is 873 g/mol. The van der Waals surface area contributed by atoms with E-state index in [2.05, 4.69) is 26.0 Å². The van der Waals surface area contributed by atoms with Crippen LogP contribution in [0.25, 0.3) is 0 Å². The van der Waals surface area contributed by atoms with Crippen molar-refractivity contribution >= 4 is 11.9 Å². The predicted molar refractivity (Wildman–Crippen MR) is 312 cm³/mol. The second-order valence-electron chi connectivity index (χ2n) is 22.6. The molecule has 0 heterocycles. The van der Waals surface area contributed by atoms with E-state index >= 15 is 0 Å². The van der Waals surface area contributed by atoms with Gasteiger partial charge in [-0.05, 0) is 38.5 Å². The van der Waals surface area contributed by atoms with Gasteiger partial charge in [0.1, 0.15) is 6.61 Å². The zero-order chi connectivity index (χ0) is 51.3. The molecule has 1 atom stereocenters. The second-order valence-corrected chi connectivity index (χ2v) is 22.6. The van der Waals surface area contributed by atoms with Crippen molar-refractivity contribution in [2.24, 2.45) is 0 Å². The number of rotatable bonds is 62. The standard InChI is InChI=1S/C66H128O5/c1-3-5-7-9-11-13-15-17-19-21-22-23-24-25-26-27-28-29-30-31-32-33-34-35-36-37-38-39-40-41-42-43-45-46-48-50-52-54-56-58-60-65(68)70-63-64(62-67)71-66(69)61-59-57-55-53-51-49-47-44-20-18-16-14-12-10-8-6-4-2/h18,20,64,67H,3-17,19,21-63H2,1-2H3/b20-18-. The van der Waals surface area contributed by atoms with Crippen LogP contribution in [0.5, 0.6) is 0 Å². The summed E-state index contributed by atoms with van der Waals surface area (Å²) in [5.41, 5.74) is 0. The zero-order valence-corrected chi connectivity index (χ0v) is 48.5. The average Bonchev–Trinajstić information content (AvgIpc) is 3.37. The normalized spacial score (nSPS) is 12.1. The lowest BCUT2D eigenvalue weighted by molar-refractivity contribution is -0.161. The fraction of sp³-hybridized carbons (Fsp3) is 0.939. The maximum Gasteiger partial charge on any atom is 0.306 e. The summed E-state index contributed by atoms with van der Waals surface area (Å²) >= 11 is 0. The van der Waals surface area contributed by atoms with Crippen molar-refractivity contribution in [3.05, 3.63) is 12.2 Å². The van der Waals surface area contributed by atoms with Gasteiger partial charge in [0, 0.05) is 12.8 Å². The molecule has 0 aliphatic carbocycles. The van der Waals surface area contributed by atoms with E-state index in [-0.39, 0.29) is 25.2 Å². The molecule has 0 saturated carbocycles. The van der Waals surface area contributed by atoms with Gasteiger partial charge in [-0.2, -0.15) is 0 Å². The van der Waals surface area contributed by atoms with E-state index in [1.165, 1.54) is 321 Å². The Kier molecular flexibility index (Phi) is 61.7. The molecule has 1 unspecified atom stereocenters. The van der Waals surface area contributed by atoms with Gasteiger partial charge in [0.05, 0.1) is 6.61 Å². The number of hydrogen-bond donors (Lipinski definition) is 1. The lowest BCUT2D eigenvalue weighted by Crippen LogP contribution is -2.28. The fourth-order valence-electron chi connectivity index (χ4n) is 10.4. The Balaban J connectivity index is 3.33. The minimum atomic E-state index is -0.770. The number of aliphatic hydroxyl groups excluding tert-OH is 1. The molecule has 0 fully saturated rings. The largest absolute Gasteiger partial charge is 0.462 e. The Labute approximate surface area is 445 Å². The molecule has 5 nitrogen and oxygen atoms in total. The van der Waals surface area contributed by atoms with Crippen LogP contribution in [0.1, 0.15) is 380 Å². The summed E-state index contributed by atoms with van der Waals surface area (Å²) in [6.07, 6.45) is 79.7. The lowest BCUT2D eigenvalue weighted by atomic mass is 10.0. The van der Waals surface area contributed by atoms with Crippen molar-refractivity contribution in [3.8, 4) is 0 Å². The summed E-state index contributed by atoms with van der Waals surface area (Å²) in [7, 11) is 0. The van der Waals surface area contributed by atoms with Crippen molar-refractivity contribution in [2.45, 2.75) is 386 Å². The summed E-state index contributed by atoms with van der Waals surface area (Å²) in [6.45, 7) is 4.19. The number of ether oxygens (including phenoxy) is 2. The summed E-state index contributed by atoms with van der Waals surface area (Å²) < 4.78 is 10.7. The van der Waals surface area contributed by atoms with Crippen LogP contribution in [0, 0.1) is 0 Å². The third-order valence-corrected chi connectivity index (χ3v) is 15.3. The molecular formula is C66H128O5. The van der Waals surface area contributed by atoms with Crippen molar-refractivity contribution in [2.75, 3.05) is 13.2 Å². The highest BCUT2D eigenvalue weighted by Gasteiger charge is 2.16. The number of unbranched alkanes of at least 4 members (excludes halogenated alkanes) is 52. The van der Waals surface area contributed by atoms with Gasteiger partial charge in [0.15, 0.2) is 6.10 Å². The van der Waals surface area contributed by atoms with Crippen molar-refractivity contribution in [1.29, 1.82) is 0 Å². The SMILES string of the molecule is CCCCCCCC/C=C\CCCCCCCCCC(=O)OC(CO)COC(=O)CCCCCCCCCCCCCCCCCCCCCCCCCCCCCCCCCCCCCCCCCC. The van der Waals surface area contributed by atoms with Crippen LogP contribution >= 0.6 is 0 Å². The number of esters is 2. The maximum absolute atomic E-state index is 12.3. The van der Waals surface area contributed by atoms with Gasteiger partial charge in [-0.25, -0.2) is 0 Å². The molecule has 0 amide bonds. The van der Waals surface area contributed by atoms with Gasteiger partial charge in [-0.3, -0.25) is 9.59 Å². The van der Waals surface area contributed by atoms with Crippen molar-refractivity contribution < 1.29 is 24.2 Å². The van der Waals surface area contributed by atoms with Crippen LogP contribution in [0.3, 0.4) is 0 Å². The molecule has 0 radical (unpaired) electrons. The highest BCUT2D eigenvalue weighted by atomic mass is 16.6. The molecule has 0 spiro atoms. The van der Waals surface area contributed by atoms with Gasteiger partial charge in [0.25, 0.3) is 0 Å². The monoisotopic (exact) mass is 1000 g/mol. The van der Waals surface area contributed by atoms with Crippen LogP contribution in [-0.4, -0.2) is 36.4 Å². The molecule has 0 aliphatic heterocycles. The summed E-state index contributed by atoms with van der Waals surface area (Å²) in [4.78, 5) is 24.5. The number of aliphatic hydroxyl groups is 1. The van der Waals surface area contributed by atoms with Crippen LogP contribution < -0.4 is 0 Å². The van der Waals surface area contributed by atoms with Gasteiger partial charge in [-0.1, -0.05) is 341 Å². The molecule has 0 aromatic rings. The van der Waals surface area contributed by atoms with E-state index in [1.807, 2.05) is 0 Å². The quantitative estimate of drug-likeness (QED) is 0.0373. The van der Waals surface area contributed by atoms with Gasteiger partial charge in [-0.15, -0.1) is 0 Å². The first kappa shape index (κ1) is 69.6. The highest BCUT2D eigenvalue weighted by molar-refractivity contribution is 5.70. The Morgan fingerprint density at radius 2 is 0.521 bits per heavy atom. The lowest BCUT2D eigenvalue weighted by Gasteiger charge is -2.15. The van der Waals surface area contributed by atoms with E-state index in [9.17, 15) is 14.7 Å². The second kappa shape index (κ2) is 62.9. The van der Waals surface area contributed by atoms with Crippen LogP contribution in [0.2, 0.25) is 0 Å². The van der Waals surface area contributed by atoms with Crippen LogP contribution in [-0.2, 0) is 19.1 Å². The van der Waals surface area contributed by atoms with E-state index in [4.69, 9.17) is 9.47 Å². The van der Waals surface area contributed by atoms with Gasteiger partial charge >= 0.3 is 11.9 Å². The van der Waals surface area contributed by atoms with Crippen molar-refractivity contribution in [1.82, 2.24) is 0 Å². The molecule has 0 aliphatic rings. The molecule has 5 heteroatoms. The maximum atomic E-state index is 12.3. The number of hydrogen-bond acceptors (Lipinski definition) is 5. The summed E-state index contributed by atoms with van der Waals surface area (Å²) in [5, 5.41) is 9.65. The molecule has 0 rings (SSSR count). The van der Waals surface area contributed by atoms with E-state index in [0.29, 0.717) is 12.8 Å². The molecule has 0 bridgehead atoms. The summed E-state index contributed by atoms with van der Waals surface area (Å²) in [6, 6.07) is 0. The Morgan fingerprint density at radius 3 is 0.761 bits per heavy atom. The van der Waals surface area contributed by atoms with Gasteiger partial charge in [0.2, 0.25) is 0 Å². The van der Waals surface area contributed by atoms with Gasteiger partial charge < -0.3 is 14.6 Å². The van der Waals surface area contributed by atoms with Crippen LogP contribution in [0.4, 0.5) is 0 Å². The fourth-order valence-corrected chi connectivity index (χ4v) is 10.4. The third-order valence-electron chi connectivity index (χ3n) is 15.3. The Bertz CT molecular complexity index is 1040. The Morgan fingerprint density at radius 1 is 0.310 bits per heavy atom. The smallest absolute Gasteiger partial charge is 0.306 e. The molecule has 71 heavy (non-hydrogen) atoms. The molecule has 422 valence electrons. The third kappa shape index (κ3) is 61.1. The predicted octanol–water partition coefficient (Wildman–Crippen LogP) is 22.3. The highest BCUT2D eigenvalue weighted by Crippen LogP contribution is 2.19. The number of carbonyl (C=O) groups excluding carboxylic acids is 2. The van der Waals surface area contributed by atoms with Crippen molar-refractivity contribution in [3.63, 3.8) is 0 Å². The number of allylic oxidation sites excluding steroid dienone is 2. The molecule has 0 saturated heterocycles. The zero-order valence-electron chi connectivity index (χ0n) is 48.5. The van der Waals surface area contributed by atoms with E-state index < -0.39 is 6.10 Å². The first-order valence-corrected chi connectivity index (χ1v) is 32.7.